The summed E-state index contributed by atoms with van der Waals surface area (Å²) in [5.41, 5.74) is 0. The van der Waals surface area contributed by atoms with Gasteiger partial charge < -0.3 is 0 Å². The third kappa shape index (κ3) is 2.55. The van der Waals surface area contributed by atoms with Crippen LogP contribution in [0.5, 0.6) is 0 Å². The summed E-state index contributed by atoms with van der Waals surface area (Å²) in [7, 11) is 0.768. The summed E-state index contributed by atoms with van der Waals surface area (Å²) in [6.45, 7) is 0. The second-order valence-electron chi connectivity index (χ2n) is 2.97. The quantitative estimate of drug-likeness (QED) is 0.591. The van der Waals surface area contributed by atoms with E-state index in [0.29, 0.717) is 0 Å². The maximum atomic E-state index is 2.39. The summed E-state index contributed by atoms with van der Waals surface area (Å²) >= 11 is 2.39. The SMILES string of the molecule is Ic1ccccc1Pc1ccccc1. The molecule has 0 amide bonds. The van der Waals surface area contributed by atoms with Crippen molar-refractivity contribution < 1.29 is 0 Å². The molecule has 0 spiro atoms. The van der Waals surface area contributed by atoms with E-state index in [4.69, 9.17) is 0 Å². The molecule has 0 N–H and O–H groups in total. The maximum Gasteiger partial charge on any atom is 0.0207 e. The molecule has 0 saturated heterocycles. The van der Waals surface area contributed by atoms with Crippen molar-refractivity contribution in [3.63, 3.8) is 0 Å². The molecule has 1 atom stereocenters. The minimum atomic E-state index is 0.768. The Morgan fingerprint density at radius 1 is 0.786 bits per heavy atom. The number of hydrogen-bond donors (Lipinski definition) is 0. The number of benzene rings is 2. The van der Waals surface area contributed by atoms with Crippen molar-refractivity contribution >= 4 is 41.8 Å². The average molecular weight is 312 g/mol. The van der Waals surface area contributed by atoms with Crippen LogP contribution in [0, 0.1) is 3.57 Å². The molecule has 0 bridgehead atoms. The van der Waals surface area contributed by atoms with E-state index in [1.165, 1.54) is 14.2 Å². The van der Waals surface area contributed by atoms with Crippen LogP contribution in [0.1, 0.15) is 0 Å². The van der Waals surface area contributed by atoms with Crippen LogP contribution in [0.2, 0.25) is 0 Å². The number of rotatable bonds is 2. The van der Waals surface area contributed by atoms with Gasteiger partial charge in [0.1, 0.15) is 0 Å². The van der Waals surface area contributed by atoms with Crippen molar-refractivity contribution in [2.75, 3.05) is 0 Å². The third-order valence-corrected chi connectivity index (χ3v) is 4.70. The fraction of sp³-hybridized carbons (Fsp3) is 0. The predicted octanol–water partition coefficient (Wildman–Crippen LogP) is 2.92. The van der Waals surface area contributed by atoms with Crippen LogP contribution in [-0.2, 0) is 0 Å². The van der Waals surface area contributed by atoms with E-state index >= 15 is 0 Å². The summed E-state index contributed by atoms with van der Waals surface area (Å²) in [6, 6.07) is 19.2. The lowest BCUT2D eigenvalue weighted by Crippen LogP contribution is -2.05. The van der Waals surface area contributed by atoms with Gasteiger partial charge in [-0.1, -0.05) is 57.1 Å². The number of halogens is 1. The fourth-order valence-electron chi connectivity index (χ4n) is 1.24. The minimum absolute atomic E-state index is 0.768. The number of hydrogen-bond acceptors (Lipinski definition) is 0. The standard InChI is InChI=1S/C12H10IP/c13-11-8-4-5-9-12(11)14-10-6-2-1-3-7-10/h1-9,14H. The van der Waals surface area contributed by atoms with Crippen molar-refractivity contribution in [1.29, 1.82) is 0 Å². The normalized spacial score (nSPS) is 10.9. The molecule has 0 aliphatic carbocycles. The van der Waals surface area contributed by atoms with E-state index in [9.17, 15) is 0 Å². The Balaban J connectivity index is 2.24. The lowest BCUT2D eigenvalue weighted by molar-refractivity contribution is 1.71. The molecule has 0 saturated carbocycles. The van der Waals surface area contributed by atoms with Crippen LogP contribution < -0.4 is 10.6 Å². The van der Waals surface area contributed by atoms with Crippen LogP contribution in [-0.4, -0.2) is 0 Å². The lowest BCUT2D eigenvalue weighted by Gasteiger charge is -2.03. The van der Waals surface area contributed by atoms with Crippen LogP contribution in [0.25, 0.3) is 0 Å². The molecule has 2 aromatic rings. The second-order valence-corrected chi connectivity index (χ2v) is 5.50. The van der Waals surface area contributed by atoms with Gasteiger partial charge in [-0.2, -0.15) is 0 Å². The molecule has 1 unspecified atom stereocenters. The van der Waals surface area contributed by atoms with Gasteiger partial charge in [0.2, 0.25) is 0 Å². The van der Waals surface area contributed by atoms with E-state index < -0.39 is 0 Å². The Morgan fingerprint density at radius 2 is 1.43 bits per heavy atom. The van der Waals surface area contributed by atoms with Crippen LogP contribution in [0.3, 0.4) is 0 Å². The fourth-order valence-corrected chi connectivity index (χ4v) is 3.08. The van der Waals surface area contributed by atoms with Gasteiger partial charge in [0.25, 0.3) is 0 Å². The van der Waals surface area contributed by atoms with E-state index in [-0.39, 0.29) is 0 Å². The zero-order valence-corrected chi connectivity index (χ0v) is 10.7. The molecule has 70 valence electrons. The summed E-state index contributed by atoms with van der Waals surface area (Å²) in [5, 5.41) is 2.83. The van der Waals surface area contributed by atoms with Crippen LogP contribution in [0.15, 0.2) is 54.6 Å². The van der Waals surface area contributed by atoms with Gasteiger partial charge in [0, 0.05) is 3.57 Å². The van der Waals surface area contributed by atoms with E-state index in [2.05, 4.69) is 77.2 Å². The summed E-state index contributed by atoms with van der Waals surface area (Å²) < 4.78 is 1.35. The summed E-state index contributed by atoms with van der Waals surface area (Å²) in [6.07, 6.45) is 0. The monoisotopic (exact) mass is 312 g/mol. The zero-order chi connectivity index (χ0) is 9.80. The molecule has 0 aliphatic heterocycles. The van der Waals surface area contributed by atoms with Crippen molar-refractivity contribution in [3.8, 4) is 0 Å². The Kier molecular flexibility index (Phi) is 3.55. The average Bonchev–Trinajstić information content (AvgIpc) is 2.23. The van der Waals surface area contributed by atoms with Crippen molar-refractivity contribution in [2.24, 2.45) is 0 Å². The smallest absolute Gasteiger partial charge is 0.0207 e. The molecule has 2 rings (SSSR count). The van der Waals surface area contributed by atoms with Gasteiger partial charge in [0.05, 0.1) is 0 Å². The molecule has 0 nitrogen and oxygen atoms in total. The first-order valence-electron chi connectivity index (χ1n) is 4.43. The molecule has 2 aromatic carbocycles. The molecular weight excluding hydrogens is 302 g/mol. The molecule has 0 aromatic heterocycles. The van der Waals surface area contributed by atoms with Gasteiger partial charge in [-0.15, -0.1) is 0 Å². The van der Waals surface area contributed by atoms with E-state index in [0.717, 1.165) is 8.58 Å². The van der Waals surface area contributed by atoms with Crippen LogP contribution in [0.4, 0.5) is 0 Å². The van der Waals surface area contributed by atoms with Gasteiger partial charge in [0.15, 0.2) is 0 Å². The van der Waals surface area contributed by atoms with E-state index in [1.807, 2.05) is 0 Å². The Hall–Kier alpha value is -0.400. The van der Waals surface area contributed by atoms with Crippen molar-refractivity contribution in [1.82, 2.24) is 0 Å². The first kappa shape index (κ1) is 10.1. The Bertz CT molecular complexity index is 412. The molecule has 0 aliphatic rings. The Labute approximate surface area is 99.7 Å². The third-order valence-electron chi connectivity index (χ3n) is 1.93. The maximum absolute atomic E-state index is 2.39. The van der Waals surface area contributed by atoms with Gasteiger partial charge in [-0.3, -0.25) is 0 Å². The molecule has 0 radical (unpaired) electrons. The minimum Gasteiger partial charge on any atom is -0.0622 e. The highest BCUT2D eigenvalue weighted by Gasteiger charge is 1.98. The summed E-state index contributed by atoms with van der Waals surface area (Å²) in [4.78, 5) is 0. The van der Waals surface area contributed by atoms with Crippen molar-refractivity contribution in [2.45, 2.75) is 0 Å². The van der Waals surface area contributed by atoms with Gasteiger partial charge >= 0.3 is 0 Å². The van der Waals surface area contributed by atoms with Gasteiger partial charge in [-0.25, -0.2) is 0 Å². The molecular formula is C12H10IP. The molecule has 14 heavy (non-hydrogen) atoms. The Morgan fingerprint density at radius 3 is 2.14 bits per heavy atom. The van der Waals surface area contributed by atoms with E-state index in [1.54, 1.807) is 0 Å². The highest BCUT2D eigenvalue weighted by Crippen LogP contribution is 2.14. The van der Waals surface area contributed by atoms with Crippen LogP contribution >= 0.6 is 31.2 Å². The van der Waals surface area contributed by atoms with Gasteiger partial charge in [-0.05, 0) is 39.3 Å². The topological polar surface area (TPSA) is 0 Å². The zero-order valence-electron chi connectivity index (χ0n) is 7.57. The highest BCUT2D eigenvalue weighted by atomic mass is 127. The lowest BCUT2D eigenvalue weighted by atomic mass is 10.4. The second kappa shape index (κ2) is 4.90. The largest absolute Gasteiger partial charge is 0.0622 e. The molecule has 2 heteroatoms. The first-order valence-corrected chi connectivity index (χ1v) is 6.51. The summed E-state index contributed by atoms with van der Waals surface area (Å²) in [5.74, 6) is 0. The van der Waals surface area contributed by atoms with Crippen molar-refractivity contribution in [3.05, 3.63) is 58.2 Å². The highest BCUT2D eigenvalue weighted by molar-refractivity contribution is 14.1. The molecule has 0 fully saturated rings. The first-order chi connectivity index (χ1) is 6.86. The predicted molar refractivity (Wildman–Crippen MR) is 73.2 cm³/mol. The molecule has 0 heterocycles.